The summed E-state index contributed by atoms with van der Waals surface area (Å²) < 4.78 is 11.0. The molecular formula is C29H44N4O5. The second kappa shape index (κ2) is 14.7. The van der Waals surface area contributed by atoms with Gasteiger partial charge in [-0.15, -0.1) is 6.42 Å². The molecule has 0 radical (unpaired) electrons. The van der Waals surface area contributed by atoms with Crippen LogP contribution in [0, 0.1) is 12.3 Å². The second-order valence-corrected chi connectivity index (χ2v) is 10.7. The summed E-state index contributed by atoms with van der Waals surface area (Å²) in [6, 6.07) is 8.44. The molecule has 4 atom stereocenters. The maximum atomic E-state index is 13.7. The molecule has 0 spiro atoms. The topological polar surface area (TPSA) is 100 Å². The maximum absolute atomic E-state index is 13.7. The smallest absolute Gasteiger partial charge is 0.410 e. The number of hydrogen-bond donors (Lipinski definition) is 2. The molecule has 1 saturated heterocycles. The number of benzene rings is 1. The molecule has 38 heavy (non-hydrogen) atoms. The Morgan fingerprint density at radius 2 is 1.89 bits per heavy atom. The average Bonchev–Trinajstić information content (AvgIpc) is 3.35. The van der Waals surface area contributed by atoms with Crippen LogP contribution in [-0.2, 0) is 25.5 Å². The lowest BCUT2D eigenvalue weighted by atomic mass is 10.1. The summed E-state index contributed by atoms with van der Waals surface area (Å²) in [4.78, 5) is 42.4. The zero-order chi connectivity index (χ0) is 28.3. The molecule has 2 rings (SSSR count). The standard InChI is InChI=1S/C29H44N4O5/c1-8-19-37-22(3)25(31-26(34)21(2)32(7)28(36)38-29(4,5)6)27(35)33-18-12-15-24(33)20-30-17-16-23-13-10-9-11-14-23/h1,9-11,13-14,21-22,24-25,30H,12,15-20H2,2-7H3,(H,31,34)/t21-,22+,24-,25-/m0/s1. The Hall–Kier alpha value is -3.09. The molecule has 1 aliphatic rings. The van der Waals surface area contributed by atoms with Crippen molar-refractivity contribution < 1.29 is 23.9 Å². The van der Waals surface area contributed by atoms with Gasteiger partial charge in [-0.3, -0.25) is 14.5 Å². The van der Waals surface area contributed by atoms with E-state index in [4.69, 9.17) is 15.9 Å². The fourth-order valence-corrected chi connectivity index (χ4v) is 4.26. The molecule has 1 fully saturated rings. The number of carbonyl (C=O) groups is 3. The van der Waals surface area contributed by atoms with Gasteiger partial charge in [0.05, 0.1) is 6.10 Å². The molecule has 2 N–H and O–H groups in total. The zero-order valence-corrected chi connectivity index (χ0v) is 23.7. The molecule has 9 heteroatoms. The lowest BCUT2D eigenvalue weighted by Gasteiger charge is -2.33. The second-order valence-electron chi connectivity index (χ2n) is 10.7. The molecule has 1 aliphatic heterocycles. The Morgan fingerprint density at radius 3 is 2.53 bits per heavy atom. The third kappa shape index (κ3) is 9.66. The van der Waals surface area contributed by atoms with Gasteiger partial charge in [0.2, 0.25) is 11.8 Å². The average molecular weight is 529 g/mol. The number of carbonyl (C=O) groups excluding carboxylic acids is 3. The van der Waals surface area contributed by atoms with Crippen LogP contribution in [0.2, 0.25) is 0 Å². The van der Waals surface area contributed by atoms with Crippen molar-refractivity contribution in [2.45, 2.75) is 83.7 Å². The predicted molar refractivity (Wildman–Crippen MR) is 147 cm³/mol. The molecule has 3 amide bonds. The molecule has 1 aromatic rings. The summed E-state index contributed by atoms with van der Waals surface area (Å²) in [7, 11) is 1.49. The summed E-state index contributed by atoms with van der Waals surface area (Å²) in [5.41, 5.74) is 0.560. The van der Waals surface area contributed by atoms with Gasteiger partial charge in [-0.1, -0.05) is 36.3 Å². The third-order valence-electron chi connectivity index (χ3n) is 6.58. The Bertz CT molecular complexity index is 956. The minimum absolute atomic E-state index is 0.0126. The van der Waals surface area contributed by atoms with Crippen molar-refractivity contribution in [3.05, 3.63) is 35.9 Å². The first-order valence-corrected chi connectivity index (χ1v) is 13.3. The van der Waals surface area contributed by atoms with Gasteiger partial charge in [0.1, 0.15) is 24.3 Å². The van der Waals surface area contributed by atoms with Crippen molar-refractivity contribution in [2.75, 3.05) is 33.3 Å². The normalized spacial score (nSPS) is 17.7. The van der Waals surface area contributed by atoms with E-state index in [1.54, 1.807) is 34.6 Å². The van der Waals surface area contributed by atoms with Gasteiger partial charge in [0.15, 0.2) is 0 Å². The number of hydrogen-bond acceptors (Lipinski definition) is 6. The van der Waals surface area contributed by atoms with E-state index in [1.165, 1.54) is 17.5 Å². The number of ether oxygens (including phenoxy) is 2. The van der Waals surface area contributed by atoms with Gasteiger partial charge in [0.25, 0.3) is 0 Å². The Kier molecular flexibility index (Phi) is 12.1. The van der Waals surface area contributed by atoms with Crippen molar-refractivity contribution in [1.82, 2.24) is 20.4 Å². The van der Waals surface area contributed by atoms with E-state index in [2.05, 4.69) is 28.7 Å². The molecule has 0 aliphatic carbocycles. The SMILES string of the molecule is C#CCO[C@H](C)[C@H](NC(=O)[C@H](C)N(C)C(=O)OC(C)(C)C)C(=O)N1CCC[C@H]1CNCCc1ccccc1. The van der Waals surface area contributed by atoms with E-state index >= 15 is 0 Å². The van der Waals surface area contributed by atoms with Gasteiger partial charge >= 0.3 is 6.09 Å². The number of nitrogens with one attached hydrogen (secondary N) is 2. The maximum Gasteiger partial charge on any atom is 0.410 e. The van der Waals surface area contributed by atoms with E-state index in [1.807, 2.05) is 23.1 Å². The molecule has 9 nitrogen and oxygen atoms in total. The Labute approximate surface area is 227 Å². The number of nitrogens with zero attached hydrogens (tertiary/aromatic N) is 2. The fraction of sp³-hybridized carbons (Fsp3) is 0.621. The number of likely N-dealkylation sites (N-methyl/N-ethyl adjacent to an activating group) is 1. The molecule has 0 unspecified atom stereocenters. The summed E-state index contributed by atoms with van der Waals surface area (Å²) in [5.74, 6) is 1.71. The van der Waals surface area contributed by atoms with Crippen molar-refractivity contribution in [3.63, 3.8) is 0 Å². The number of terminal acetylenes is 1. The minimum Gasteiger partial charge on any atom is -0.444 e. The largest absolute Gasteiger partial charge is 0.444 e. The van der Waals surface area contributed by atoms with Gasteiger partial charge in [-0.2, -0.15) is 0 Å². The highest BCUT2D eigenvalue weighted by atomic mass is 16.6. The van der Waals surface area contributed by atoms with E-state index in [0.29, 0.717) is 13.1 Å². The Morgan fingerprint density at radius 1 is 1.21 bits per heavy atom. The molecule has 210 valence electrons. The summed E-state index contributed by atoms with van der Waals surface area (Å²) in [6.07, 6.45) is 6.74. The van der Waals surface area contributed by atoms with Gasteiger partial charge in [0, 0.05) is 26.2 Å². The first-order chi connectivity index (χ1) is 17.9. The van der Waals surface area contributed by atoms with Crippen LogP contribution in [0.25, 0.3) is 0 Å². The number of likely N-dealkylation sites (tertiary alicyclic amines) is 1. The van der Waals surface area contributed by atoms with E-state index in [0.717, 1.165) is 25.8 Å². The highest BCUT2D eigenvalue weighted by Gasteiger charge is 2.38. The summed E-state index contributed by atoms with van der Waals surface area (Å²) in [5, 5.41) is 6.29. The van der Waals surface area contributed by atoms with Crippen LogP contribution in [0.4, 0.5) is 4.79 Å². The van der Waals surface area contributed by atoms with Crippen LogP contribution < -0.4 is 10.6 Å². The van der Waals surface area contributed by atoms with Crippen molar-refractivity contribution >= 4 is 17.9 Å². The third-order valence-corrected chi connectivity index (χ3v) is 6.58. The highest BCUT2D eigenvalue weighted by molar-refractivity contribution is 5.91. The highest BCUT2D eigenvalue weighted by Crippen LogP contribution is 2.20. The van der Waals surface area contributed by atoms with E-state index in [-0.39, 0.29) is 18.6 Å². The van der Waals surface area contributed by atoms with Gasteiger partial charge < -0.3 is 25.0 Å². The van der Waals surface area contributed by atoms with Crippen molar-refractivity contribution in [1.29, 1.82) is 0 Å². The zero-order valence-electron chi connectivity index (χ0n) is 23.7. The van der Waals surface area contributed by atoms with Gasteiger partial charge in [-0.25, -0.2) is 4.79 Å². The van der Waals surface area contributed by atoms with Crippen molar-refractivity contribution in [2.24, 2.45) is 0 Å². The molecule has 0 bridgehead atoms. The summed E-state index contributed by atoms with van der Waals surface area (Å²) in [6.45, 7) is 10.7. The Balaban J connectivity index is 2.04. The monoisotopic (exact) mass is 528 g/mol. The van der Waals surface area contributed by atoms with Crippen LogP contribution in [-0.4, -0.2) is 90.8 Å². The lowest BCUT2D eigenvalue weighted by Crippen LogP contribution is -2.59. The minimum atomic E-state index is -0.949. The molecule has 0 aromatic heterocycles. The fourth-order valence-electron chi connectivity index (χ4n) is 4.26. The van der Waals surface area contributed by atoms with Crippen molar-refractivity contribution in [3.8, 4) is 12.3 Å². The van der Waals surface area contributed by atoms with Crippen LogP contribution in [0.15, 0.2) is 30.3 Å². The molecule has 1 aromatic carbocycles. The first kappa shape index (κ1) is 31.1. The van der Waals surface area contributed by atoms with Crippen LogP contribution in [0.5, 0.6) is 0 Å². The van der Waals surface area contributed by atoms with Gasteiger partial charge in [-0.05, 0) is 66.0 Å². The number of amides is 3. The van der Waals surface area contributed by atoms with Crippen LogP contribution >= 0.6 is 0 Å². The number of rotatable bonds is 12. The lowest BCUT2D eigenvalue weighted by molar-refractivity contribution is -0.142. The van der Waals surface area contributed by atoms with Crippen LogP contribution in [0.1, 0.15) is 53.0 Å². The predicted octanol–water partition coefficient (Wildman–Crippen LogP) is 2.59. The summed E-state index contributed by atoms with van der Waals surface area (Å²) >= 11 is 0. The quantitative estimate of drug-likeness (QED) is 0.320. The molecule has 0 saturated carbocycles. The van der Waals surface area contributed by atoms with E-state index < -0.39 is 35.8 Å². The van der Waals surface area contributed by atoms with E-state index in [9.17, 15) is 14.4 Å². The molecular weight excluding hydrogens is 484 g/mol. The van der Waals surface area contributed by atoms with Crippen LogP contribution in [0.3, 0.4) is 0 Å². The molecule has 1 heterocycles. The first-order valence-electron chi connectivity index (χ1n) is 13.3.